The first-order chi connectivity index (χ1) is 21.8. The third-order valence-corrected chi connectivity index (χ3v) is 9.27. The normalized spacial score (nSPS) is 12.5. The molecular weight excluding hydrogens is 536 g/mol. The van der Waals surface area contributed by atoms with Gasteiger partial charge < -0.3 is 9.47 Å². The zero-order valence-electron chi connectivity index (χ0n) is 23.7. The van der Waals surface area contributed by atoms with Crippen molar-refractivity contribution in [3.8, 4) is 67.5 Å². The highest BCUT2D eigenvalue weighted by molar-refractivity contribution is 6.14. The van der Waals surface area contributed by atoms with Crippen LogP contribution in [0, 0.1) is 0 Å². The Balaban J connectivity index is 1.11. The molecule has 204 valence electrons. The van der Waals surface area contributed by atoms with Gasteiger partial charge in [-0.25, -0.2) is 0 Å². The van der Waals surface area contributed by atoms with E-state index in [1.807, 2.05) is 0 Å². The maximum absolute atomic E-state index is 6.65. The van der Waals surface area contributed by atoms with E-state index >= 15 is 0 Å². The van der Waals surface area contributed by atoms with Crippen LogP contribution in [0.1, 0.15) is 0 Å². The number of rotatable bonds is 2. The molecule has 8 aromatic rings. The molecule has 0 aromatic heterocycles. The maximum Gasteiger partial charge on any atom is 0.136 e. The maximum atomic E-state index is 6.65. The van der Waals surface area contributed by atoms with E-state index in [0.29, 0.717) is 0 Å². The number of ether oxygens (including phenoxy) is 2. The molecule has 2 heterocycles. The van der Waals surface area contributed by atoms with E-state index in [4.69, 9.17) is 9.47 Å². The second-order valence-electron chi connectivity index (χ2n) is 11.7. The average molecular weight is 561 g/mol. The Labute approximate surface area is 254 Å². The summed E-state index contributed by atoms with van der Waals surface area (Å²) in [6.45, 7) is 0. The topological polar surface area (TPSA) is 18.5 Å². The zero-order valence-corrected chi connectivity index (χ0v) is 23.7. The van der Waals surface area contributed by atoms with Crippen LogP contribution in [0.2, 0.25) is 0 Å². The smallest absolute Gasteiger partial charge is 0.136 e. The lowest BCUT2D eigenvalue weighted by atomic mass is 9.86. The summed E-state index contributed by atoms with van der Waals surface area (Å²) in [7, 11) is 0. The van der Waals surface area contributed by atoms with Gasteiger partial charge >= 0.3 is 0 Å². The summed E-state index contributed by atoms with van der Waals surface area (Å²) >= 11 is 0. The Morgan fingerprint density at radius 1 is 0.295 bits per heavy atom. The van der Waals surface area contributed by atoms with Crippen molar-refractivity contribution < 1.29 is 9.47 Å². The highest BCUT2D eigenvalue weighted by atomic mass is 16.5. The lowest BCUT2D eigenvalue weighted by Crippen LogP contribution is -2.03. The molecule has 0 atom stereocenters. The molecule has 0 saturated heterocycles. The van der Waals surface area contributed by atoms with Crippen LogP contribution in [-0.2, 0) is 0 Å². The first-order valence-electron chi connectivity index (χ1n) is 15.0. The Kier molecular flexibility index (Phi) is 4.75. The van der Waals surface area contributed by atoms with Gasteiger partial charge in [0.05, 0.1) is 0 Å². The molecule has 0 amide bonds. The molecule has 10 rings (SSSR count). The van der Waals surface area contributed by atoms with Crippen molar-refractivity contribution in [3.63, 3.8) is 0 Å². The first kappa shape index (κ1) is 23.7. The molecule has 0 saturated carbocycles. The van der Waals surface area contributed by atoms with E-state index in [9.17, 15) is 0 Å². The van der Waals surface area contributed by atoms with Crippen LogP contribution in [0.3, 0.4) is 0 Å². The summed E-state index contributed by atoms with van der Waals surface area (Å²) in [5.74, 6) is 3.48. The van der Waals surface area contributed by atoms with Crippen LogP contribution in [0.5, 0.6) is 23.0 Å². The van der Waals surface area contributed by atoms with Crippen molar-refractivity contribution in [1.29, 1.82) is 0 Å². The Morgan fingerprint density at radius 2 is 0.727 bits per heavy atom. The lowest BCUT2D eigenvalue weighted by Gasteiger charge is -2.27. The quantitative estimate of drug-likeness (QED) is 0.209. The fourth-order valence-corrected chi connectivity index (χ4v) is 7.24. The van der Waals surface area contributed by atoms with Crippen LogP contribution >= 0.6 is 0 Å². The predicted octanol–water partition coefficient (Wildman–Crippen LogP) is 12.0. The van der Waals surface area contributed by atoms with Crippen molar-refractivity contribution in [2.24, 2.45) is 0 Å². The fourth-order valence-electron chi connectivity index (χ4n) is 7.24. The van der Waals surface area contributed by atoms with Gasteiger partial charge in [0, 0.05) is 21.9 Å². The Morgan fingerprint density at radius 3 is 1.23 bits per heavy atom. The third kappa shape index (κ3) is 3.31. The van der Waals surface area contributed by atoms with Crippen LogP contribution in [0.25, 0.3) is 76.8 Å². The monoisotopic (exact) mass is 560 g/mol. The van der Waals surface area contributed by atoms with Crippen molar-refractivity contribution in [3.05, 3.63) is 146 Å². The SMILES string of the molecule is c1ccc2c(-c3ccc4c(c3)Oc3ccc5c6c(ccc-4c36)-c3ccc(-c4cccc6ccccc46)cc3O5)cccc2c1. The minimum absolute atomic E-state index is 0.864. The number of hydrogen-bond donors (Lipinski definition) is 0. The minimum atomic E-state index is 0.864. The summed E-state index contributed by atoms with van der Waals surface area (Å²) in [6, 6.07) is 51.8. The molecule has 0 N–H and O–H groups in total. The standard InChI is InChI=1S/C42H24O2/c1-3-11-29-25(7-1)9-5-13-31(29)27-15-17-33-35-19-20-36-34-18-16-28(32-14-6-10-26-8-2-4-12-30(26)32)24-40(34)44-38-22-21-37(41(35)42(36)38)43-39(33)23-27/h1-24H. The molecule has 2 aliphatic heterocycles. The molecular formula is C42H24O2. The molecule has 0 spiro atoms. The molecule has 2 heteroatoms. The summed E-state index contributed by atoms with van der Waals surface area (Å²) in [5.41, 5.74) is 9.25. The van der Waals surface area contributed by atoms with E-state index in [1.54, 1.807) is 0 Å². The number of fused-ring (bicyclic) bond motifs is 6. The van der Waals surface area contributed by atoms with Crippen molar-refractivity contribution in [2.45, 2.75) is 0 Å². The molecule has 2 aliphatic rings. The molecule has 0 unspecified atom stereocenters. The van der Waals surface area contributed by atoms with Gasteiger partial charge in [0.25, 0.3) is 0 Å². The molecule has 0 fully saturated rings. The molecule has 8 aromatic carbocycles. The zero-order chi connectivity index (χ0) is 28.8. The summed E-state index contributed by atoms with van der Waals surface area (Å²) in [6.07, 6.45) is 0. The predicted molar refractivity (Wildman–Crippen MR) is 181 cm³/mol. The van der Waals surface area contributed by atoms with Crippen LogP contribution in [0.4, 0.5) is 0 Å². The minimum Gasteiger partial charge on any atom is -0.456 e. The molecule has 2 nitrogen and oxygen atoms in total. The summed E-state index contributed by atoms with van der Waals surface area (Å²) in [5, 5.41) is 7.16. The van der Waals surface area contributed by atoms with Gasteiger partial charge in [-0.15, -0.1) is 0 Å². The van der Waals surface area contributed by atoms with Gasteiger partial charge in [-0.3, -0.25) is 0 Å². The second-order valence-corrected chi connectivity index (χ2v) is 11.7. The van der Waals surface area contributed by atoms with E-state index in [-0.39, 0.29) is 0 Å². The van der Waals surface area contributed by atoms with E-state index < -0.39 is 0 Å². The van der Waals surface area contributed by atoms with Gasteiger partial charge in [-0.2, -0.15) is 0 Å². The van der Waals surface area contributed by atoms with Crippen LogP contribution < -0.4 is 9.47 Å². The van der Waals surface area contributed by atoms with Gasteiger partial charge in [0.15, 0.2) is 0 Å². The van der Waals surface area contributed by atoms with Crippen LogP contribution in [0.15, 0.2) is 146 Å². The van der Waals surface area contributed by atoms with E-state index in [2.05, 4.69) is 146 Å². The van der Waals surface area contributed by atoms with Crippen molar-refractivity contribution in [2.75, 3.05) is 0 Å². The van der Waals surface area contributed by atoms with Crippen molar-refractivity contribution in [1.82, 2.24) is 0 Å². The second kappa shape index (κ2) is 8.82. The van der Waals surface area contributed by atoms with Crippen molar-refractivity contribution >= 4 is 32.3 Å². The molecule has 0 bridgehead atoms. The van der Waals surface area contributed by atoms with Gasteiger partial charge in [0.2, 0.25) is 0 Å². The number of hydrogen-bond acceptors (Lipinski definition) is 2. The first-order valence-corrected chi connectivity index (χ1v) is 15.0. The molecule has 44 heavy (non-hydrogen) atoms. The fraction of sp³-hybridized carbons (Fsp3) is 0. The highest BCUT2D eigenvalue weighted by Crippen LogP contribution is 2.55. The highest BCUT2D eigenvalue weighted by Gasteiger charge is 2.28. The molecule has 0 aliphatic carbocycles. The van der Waals surface area contributed by atoms with Crippen LogP contribution in [-0.4, -0.2) is 0 Å². The average Bonchev–Trinajstić information content (AvgIpc) is 3.09. The summed E-state index contributed by atoms with van der Waals surface area (Å²) in [4.78, 5) is 0. The van der Waals surface area contributed by atoms with Gasteiger partial charge in [-0.1, -0.05) is 109 Å². The largest absolute Gasteiger partial charge is 0.456 e. The summed E-state index contributed by atoms with van der Waals surface area (Å²) < 4.78 is 13.3. The Bertz CT molecular complexity index is 2320. The number of benzene rings is 8. The third-order valence-electron chi connectivity index (χ3n) is 9.27. The van der Waals surface area contributed by atoms with Gasteiger partial charge in [-0.05, 0) is 91.3 Å². The lowest BCUT2D eigenvalue weighted by molar-refractivity contribution is 0.475. The molecule has 0 radical (unpaired) electrons. The van der Waals surface area contributed by atoms with E-state index in [1.165, 1.54) is 43.8 Å². The Hall–Kier alpha value is -5.86. The van der Waals surface area contributed by atoms with Gasteiger partial charge in [0.1, 0.15) is 23.0 Å². The van der Waals surface area contributed by atoms with E-state index in [0.717, 1.165) is 56.0 Å².